The number of benzene rings is 2. The number of hydrogen-bond donors (Lipinski definition) is 1. The van der Waals surface area contributed by atoms with Gasteiger partial charge in [-0.05, 0) is 24.5 Å². The lowest BCUT2D eigenvalue weighted by atomic mass is 10.1. The van der Waals surface area contributed by atoms with Crippen molar-refractivity contribution in [3.63, 3.8) is 0 Å². The number of piperazine rings is 1. The van der Waals surface area contributed by atoms with Crippen LogP contribution in [0.5, 0.6) is 0 Å². The van der Waals surface area contributed by atoms with Crippen molar-refractivity contribution < 1.29 is 4.79 Å². The second-order valence-corrected chi connectivity index (χ2v) is 6.72. The van der Waals surface area contributed by atoms with Crippen molar-refractivity contribution in [3.05, 3.63) is 71.3 Å². The van der Waals surface area contributed by atoms with Crippen molar-refractivity contribution in [3.8, 4) is 0 Å². The van der Waals surface area contributed by atoms with E-state index in [0.29, 0.717) is 6.54 Å². The Balaban J connectivity index is 1.38. The third-order valence-corrected chi connectivity index (χ3v) is 4.68. The molecule has 4 nitrogen and oxygen atoms in total. The maximum Gasteiger partial charge on any atom is 0.317 e. The number of nitrogens with one attached hydrogen (secondary N) is 1. The molecule has 1 aliphatic rings. The summed E-state index contributed by atoms with van der Waals surface area (Å²) in [5.74, 6) is 0. The number of hydrogen-bond acceptors (Lipinski definition) is 2. The lowest BCUT2D eigenvalue weighted by Gasteiger charge is -2.34. The summed E-state index contributed by atoms with van der Waals surface area (Å²) in [4.78, 5) is 16.6. The Labute approximate surface area is 150 Å². The molecule has 0 atom stereocenters. The fourth-order valence-corrected chi connectivity index (χ4v) is 3.25. The molecule has 2 amide bonds. The van der Waals surface area contributed by atoms with E-state index < -0.39 is 0 Å². The van der Waals surface area contributed by atoms with E-state index in [-0.39, 0.29) is 6.03 Å². The highest BCUT2D eigenvalue weighted by Gasteiger charge is 2.20. The number of amides is 2. The Bertz CT molecular complexity index is 679. The van der Waals surface area contributed by atoms with Crippen LogP contribution in [0.4, 0.5) is 4.79 Å². The largest absolute Gasteiger partial charge is 0.338 e. The van der Waals surface area contributed by atoms with Crippen LogP contribution >= 0.6 is 0 Å². The molecule has 3 rings (SSSR count). The van der Waals surface area contributed by atoms with E-state index in [1.54, 1.807) is 0 Å². The summed E-state index contributed by atoms with van der Waals surface area (Å²) in [6, 6.07) is 19.0. The Morgan fingerprint density at radius 3 is 2.40 bits per heavy atom. The molecule has 0 radical (unpaired) electrons. The van der Waals surface area contributed by atoms with Gasteiger partial charge in [-0.1, -0.05) is 60.2 Å². The van der Waals surface area contributed by atoms with E-state index in [9.17, 15) is 4.79 Å². The smallest absolute Gasteiger partial charge is 0.317 e. The predicted octanol–water partition coefficient (Wildman–Crippen LogP) is 3.06. The minimum Gasteiger partial charge on any atom is -0.338 e. The van der Waals surface area contributed by atoms with Gasteiger partial charge >= 0.3 is 6.03 Å². The second kappa shape index (κ2) is 8.67. The Morgan fingerprint density at radius 1 is 0.960 bits per heavy atom. The summed E-state index contributed by atoms with van der Waals surface area (Å²) in [6.45, 7) is 7.23. The molecule has 2 aromatic carbocycles. The minimum atomic E-state index is 0.0612. The van der Waals surface area contributed by atoms with Crippen LogP contribution in [-0.4, -0.2) is 48.6 Å². The van der Waals surface area contributed by atoms with Crippen molar-refractivity contribution >= 4 is 6.03 Å². The van der Waals surface area contributed by atoms with Crippen molar-refractivity contribution in [2.75, 3.05) is 32.7 Å². The van der Waals surface area contributed by atoms with E-state index >= 15 is 0 Å². The molecule has 1 aliphatic heterocycles. The third kappa shape index (κ3) is 5.33. The maximum absolute atomic E-state index is 12.3. The van der Waals surface area contributed by atoms with Gasteiger partial charge in [-0.3, -0.25) is 4.90 Å². The van der Waals surface area contributed by atoms with E-state index in [0.717, 1.165) is 39.1 Å². The predicted molar refractivity (Wildman–Crippen MR) is 102 cm³/mol. The lowest BCUT2D eigenvalue weighted by Crippen LogP contribution is -2.51. The van der Waals surface area contributed by atoms with Crippen LogP contribution in [0, 0.1) is 6.92 Å². The van der Waals surface area contributed by atoms with Crippen LogP contribution in [-0.2, 0) is 13.0 Å². The molecule has 0 aromatic heterocycles. The topological polar surface area (TPSA) is 35.6 Å². The molecule has 1 heterocycles. The van der Waals surface area contributed by atoms with Gasteiger partial charge in [0.05, 0.1) is 0 Å². The number of nitrogens with zero attached hydrogens (tertiary/aromatic N) is 2. The highest BCUT2D eigenvalue weighted by Crippen LogP contribution is 2.10. The van der Waals surface area contributed by atoms with Gasteiger partial charge in [0.25, 0.3) is 0 Å². The highest BCUT2D eigenvalue weighted by atomic mass is 16.2. The molecule has 4 heteroatoms. The van der Waals surface area contributed by atoms with E-state index in [2.05, 4.69) is 53.5 Å². The fraction of sp³-hybridized carbons (Fsp3) is 0.381. The molecule has 1 fully saturated rings. The van der Waals surface area contributed by atoms with Gasteiger partial charge in [0.15, 0.2) is 0 Å². The first-order valence-electron chi connectivity index (χ1n) is 9.05. The molecular formula is C21H27N3O. The quantitative estimate of drug-likeness (QED) is 0.910. The van der Waals surface area contributed by atoms with Crippen molar-refractivity contribution in [2.45, 2.75) is 19.9 Å². The summed E-state index contributed by atoms with van der Waals surface area (Å²) in [6.07, 6.45) is 0.875. The van der Waals surface area contributed by atoms with Crippen molar-refractivity contribution in [1.29, 1.82) is 0 Å². The summed E-state index contributed by atoms with van der Waals surface area (Å²) in [5.41, 5.74) is 3.90. The Hall–Kier alpha value is -2.33. The maximum atomic E-state index is 12.3. The third-order valence-electron chi connectivity index (χ3n) is 4.68. The zero-order chi connectivity index (χ0) is 17.5. The van der Waals surface area contributed by atoms with E-state index in [1.165, 1.54) is 16.7 Å². The summed E-state index contributed by atoms with van der Waals surface area (Å²) in [7, 11) is 0. The van der Waals surface area contributed by atoms with Crippen LogP contribution in [0.25, 0.3) is 0 Å². The van der Waals surface area contributed by atoms with Gasteiger partial charge < -0.3 is 10.2 Å². The summed E-state index contributed by atoms with van der Waals surface area (Å²) >= 11 is 0. The Kier molecular flexibility index (Phi) is 6.07. The first-order valence-corrected chi connectivity index (χ1v) is 9.05. The fourth-order valence-electron chi connectivity index (χ4n) is 3.25. The van der Waals surface area contributed by atoms with Gasteiger partial charge in [-0.15, -0.1) is 0 Å². The molecule has 132 valence electrons. The highest BCUT2D eigenvalue weighted by molar-refractivity contribution is 5.74. The first-order chi connectivity index (χ1) is 12.2. The van der Waals surface area contributed by atoms with Gasteiger partial charge in [0, 0.05) is 39.3 Å². The normalized spacial score (nSPS) is 15.2. The van der Waals surface area contributed by atoms with Crippen LogP contribution < -0.4 is 5.32 Å². The molecule has 0 spiro atoms. The molecular weight excluding hydrogens is 310 g/mol. The van der Waals surface area contributed by atoms with Crippen LogP contribution in [0.1, 0.15) is 16.7 Å². The molecule has 0 saturated carbocycles. The zero-order valence-corrected chi connectivity index (χ0v) is 14.9. The average Bonchev–Trinajstić information content (AvgIpc) is 2.63. The minimum absolute atomic E-state index is 0.0612. The van der Waals surface area contributed by atoms with Gasteiger partial charge in [0.1, 0.15) is 0 Å². The number of carbonyl (C=O) groups is 1. The van der Waals surface area contributed by atoms with Crippen LogP contribution in [0.3, 0.4) is 0 Å². The zero-order valence-electron chi connectivity index (χ0n) is 14.9. The molecule has 2 aromatic rings. The number of urea groups is 1. The number of rotatable bonds is 5. The first kappa shape index (κ1) is 17.5. The summed E-state index contributed by atoms with van der Waals surface area (Å²) < 4.78 is 0. The summed E-state index contributed by atoms with van der Waals surface area (Å²) in [5, 5.41) is 3.04. The molecule has 0 bridgehead atoms. The molecule has 0 unspecified atom stereocenters. The van der Waals surface area contributed by atoms with E-state index in [4.69, 9.17) is 0 Å². The molecule has 1 saturated heterocycles. The Morgan fingerprint density at radius 2 is 1.68 bits per heavy atom. The van der Waals surface area contributed by atoms with Crippen LogP contribution in [0.2, 0.25) is 0 Å². The van der Waals surface area contributed by atoms with Crippen molar-refractivity contribution in [1.82, 2.24) is 15.1 Å². The monoisotopic (exact) mass is 337 g/mol. The van der Waals surface area contributed by atoms with Crippen molar-refractivity contribution in [2.24, 2.45) is 0 Å². The van der Waals surface area contributed by atoms with Gasteiger partial charge in [-0.25, -0.2) is 4.79 Å². The standard InChI is InChI=1S/C21H27N3O/c1-18-6-5-9-20(16-18)17-23-12-14-24(15-13-23)21(25)22-11-10-19-7-3-2-4-8-19/h2-9,16H,10-15,17H2,1H3,(H,22,25). The number of carbonyl (C=O) groups excluding carboxylic acids is 1. The molecule has 1 N–H and O–H groups in total. The molecule has 0 aliphatic carbocycles. The second-order valence-electron chi connectivity index (χ2n) is 6.72. The van der Waals surface area contributed by atoms with E-state index in [1.807, 2.05) is 23.1 Å². The molecule has 25 heavy (non-hydrogen) atoms. The van der Waals surface area contributed by atoms with Crippen LogP contribution in [0.15, 0.2) is 54.6 Å². The van der Waals surface area contributed by atoms with Gasteiger partial charge in [0.2, 0.25) is 0 Å². The van der Waals surface area contributed by atoms with Gasteiger partial charge in [-0.2, -0.15) is 0 Å². The number of aryl methyl sites for hydroxylation is 1. The lowest BCUT2D eigenvalue weighted by molar-refractivity contribution is 0.135. The SMILES string of the molecule is Cc1cccc(CN2CCN(C(=O)NCCc3ccccc3)CC2)c1. The average molecular weight is 337 g/mol.